The van der Waals surface area contributed by atoms with Crippen molar-refractivity contribution >= 4 is 28.6 Å². The average Bonchev–Trinajstić information content (AvgIpc) is 2.99. The zero-order chi connectivity index (χ0) is 16.1. The largest absolute Gasteiger partial charge is 0.495 e. The summed E-state index contributed by atoms with van der Waals surface area (Å²) in [7, 11) is 1.64. The van der Waals surface area contributed by atoms with Gasteiger partial charge in [0.2, 0.25) is 0 Å². The molecule has 23 heavy (non-hydrogen) atoms. The van der Waals surface area contributed by atoms with Crippen LogP contribution in [0.3, 0.4) is 0 Å². The Kier molecular flexibility index (Phi) is 5.00. The predicted molar refractivity (Wildman–Crippen MR) is 94.0 cm³/mol. The first kappa shape index (κ1) is 15.6. The Labute approximate surface area is 143 Å². The molecule has 4 nitrogen and oxygen atoms in total. The zero-order valence-corrected chi connectivity index (χ0v) is 14.0. The van der Waals surface area contributed by atoms with Gasteiger partial charge in [-0.05, 0) is 24.3 Å². The Morgan fingerprint density at radius 2 is 1.96 bits per heavy atom. The number of hydrogen-bond donors (Lipinski definition) is 1. The smallest absolute Gasteiger partial charge is 0.183 e. The summed E-state index contributed by atoms with van der Waals surface area (Å²) in [5.74, 6) is 2.28. The molecule has 0 spiro atoms. The number of rotatable bonds is 6. The highest BCUT2D eigenvalue weighted by Gasteiger charge is 2.07. The lowest BCUT2D eigenvalue weighted by Crippen LogP contribution is -2.00. The average molecular weight is 347 g/mol. The first-order chi connectivity index (χ1) is 11.2. The van der Waals surface area contributed by atoms with E-state index in [-0.39, 0.29) is 0 Å². The molecule has 0 aliphatic heterocycles. The quantitative estimate of drug-likeness (QED) is 0.665. The lowest BCUT2D eigenvalue weighted by molar-refractivity contribution is 0.414. The van der Waals surface area contributed by atoms with Crippen molar-refractivity contribution in [3.8, 4) is 17.2 Å². The monoisotopic (exact) mass is 346 g/mol. The van der Waals surface area contributed by atoms with Gasteiger partial charge in [-0.2, -0.15) is 0 Å². The van der Waals surface area contributed by atoms with Crippen LogP contribution in [0.5, 0.6) is 17.2 Å². The van der Waals surface area contributed by atoms with Gasteiger partial charge in [-0.1, -0.05) is 29.8 Å². The number of para-hydroxylation sites is 1. The molecule has 0 radical (unpaired) electrons. The molecule has 3 rings (SSSR count). The minimum Gasteiger partial charge on any atom is -0.495 e. The first-order valence-corrected chi connectivity index (χ1v) is 8.19. The maximum absolute atomic E-state index is 5.85. The summed E-state index contributed by atoms with van der Waals surface area (Å²) in [5, 5.41) is 3.33. The lowest BCUT2D eigenvalue weighted by Gasteiger charge is -2.13. The fraction of sp³-hybridized carbons (Fsp3) is 0.118. The molecule has 1 N–H and O–H groups in total. The summed E-state index contributed by atoms with van der Waals surface area (Å²) in [6.07, 6.45) is 1.76. The number of anilines is 1. The molecule has 0 aliphatic rings. The standard InChI is InChI=1S/C17H15ClN2O2S/c1-21-16-8-7-13(22-12-5-3-2-4-6-12)9-15(16)19-10-14-11-20-17(18)23-14/h2-9,11,19H,10H2,1H3. The minimum atomic E-state index is 0.537. The van der Waals surface area contributed by atoms with Crippen LogP contribution in [0, 0.1) is 0 Å². The number of thiazole rings is 1. The van der Waals surface area contributed by atoms with E-state index in [9.17, 15) is 0 Å². The van der Waals surface area contributed by atoms with Gasteiger partial charge in [-0.15, -0.1) is 11.3 Å². The van der Waals surface area contributed by atoms with Gasteiger partial charge in [0, 0.05) is 17.1 Å². The molecule has 6 heteroatoms. The Morgan fingerprint density at radius 1 is 1.13 bits per heavy atom. The number of benzene rings is 2. The van der Waals surface area contributed by atoms with E-state index in [1.54, 1.807) is 13.3 Å². The fourth-order valence-corrected chi connectivity index (χ4v) is 2.98. The topological polar surface area (TPSA) is 43.4 Å². The second-order valence-electron chi connectivity index (χ2n) is 4.71. The van der Waals surface area contributed by atoms with Crippen molar-refractivity contribution in [1.82, 2.24) is 4.98 Å². The molecule has 3 aromatic rings. The number of ether oxygens (including phenoxy) is 2. The maximum atomic E-state index is 5.85. The van der Waals surface area contributed by atoms with Crippen LogP contribution in [-0.4, -0.2) is 12.1 Å². The summed E-state index contributed by atoms with van der Waals surface area (Å²) < 4.78 is 11.8. The summed E-state index contributed by atoms with van der Waals surface area (Å²) in [6.45, 7) is 0.621. The molecule has 118 valence electrons. The van der Waals surface area contributed by atoms with E-state index < -0.39 is 0 Å². The van der Waals surface area contributed by atoms with Gasteiger partial charge in [-0.25, -0.2) is 4.98 Å². The highest BCUT2D eigenvalue weighted by molar-refractivity contribution is 7.15. The third-order valence-electron chi connectivity index (χ3n) is 3.13. The van der Waals surface area contributed by atoms with Crippen LogP contribution in [0.15, 0.2) is 54.7 Å². The van der Waals surface area contributed by atoms with Gasteiger partial charge in [0.15, 0.2) is 4.47 Å². The van der Waals surface area contributed by atoms with Crippen molar-refractivity contribution in [2.75, 3.05) is 12.4 Å². The molecule has 1 aromatic heterocycles. The van der Waals surface area contributed by atoms with Crippen LogP contribution in [0.4, 0.5) is 5.69 Å². The van der Waals surface area contributed by atoms with Crippen molar-refractivity contribution in [1.29, 1.82) is 0 Å². The number of aromatic nitrogens is 1. The number of hydrogen-bond acceptors (Lipinski definition) is 5. The van der Waals surface area contributed by atoms with Gasteiger partial charge < -0.3 is 14.8 Å². The van der Waals surface area contributed by atoms with Crippen LogP contribution in [0.1, 0.15) is 4.88 Å². The highest BCUT2D eigenvalue weighted by atomic mass is 35.5. The van der Waals surface area contributed by atoms with E-state index in [1.165, 1.54) is 11.3 Å². The van der Waals surface area contributed by atoms with Crippen LogP contribution in [0.2, 0.25) is 4.47 Å². The molecule has 0 saturated heterocycles. The van der Waals surface area contributed by atoms with Gasteiger partial charge >= 0.3 is 0 Å². The Morgan fingerprint density at radius 3 is 2.65 bits per heavy atom. The van der Waals surface area contributed by atoms with Crippen LogP contribution in [-0.2, 0) is 6.54 Å². The predicted octanol–water partition coefficient (Wildman–Crippen LogP) is 5.21. The van der Waals surface area contributed by atoms with Gasteiger partial charge in [0.05, 0.1) is 19.3 Å². The molecule has 0 aliphatic carbocycles. The van der Waals surface area contributed by atoms with Crippen LogP contribution >= 0.6 is 22.9 Å². The number of nitrogens with one attached hydrogen (secondary N) is 1. The van der Waals surface area contributed by atoms with Gasteiger partial charge in [0.25, 0.3) is 0 Å². The molecule has 0 bridgehead atoms. The van der Waals surface area contributed by atoms with E-state index in [0.29, 0.717) is 11.0 Å². The normalized spacial score (nSPS) is 10.3. The van der Waals surface area contributed by atoms with Crippen molar-refractivity contribution in [2.45, 2.75) is 6.54 Å². The second kappa shape index (κ2) is 7.35. The Bertz CT molecular complexity index is 777. The van der Waals surface area contributed by atoms with Crippen LogP contribution < -0.4 is 14.8 Å². The van der Waals surface area contributed by atoms with Gasteiger partial charge in [0.1, 0.15) is 17.2 Å². The van der Waals surface area contributed by atoms with Crippen molar-refractivity contribution in [2.24, 2.45) is 0 Å². The molecular formula is C17H15ClN2O2S. The van der Waals surface area contributed by atoms with Crippen molar-refractivity contribution in [3.63, 3.8) is 0 Å². The molecule has 0 unspecified atom stereocenters. The molecule has 0 fully saturated rings. The van der Waals surface area contributed by atoms with E-state index in [0.717, 1.165) is 27.8 Å². The van der Waals surface area contributed by atoms with E-state index in [1.807, 2.05) is 48.5 Å². The van der Waals surface area contributed by atoms with Crippen molar-refractivity contribution < 1.29 is 9.47 Å². The minimum absolute atomic E-state index is 0.537. The number of halogens is 1. The van der Waals surface area contributed by atoms with Crippen LogP contribution in [0.25, 0.3) is 0 Å². The summed E-state index contributed by atoms with van der Waals surface area (Å²) in [4.78, 5) is 5.08. The summed E-state index contributed by atoms with van der Waals surface area (Å²) >= 11 is 7.30. The van der Waals surface area contributed by atoms with E-state index >= 15 is 0 Å². The fourth-order valence-electron chi connectivity index (χ4n) is 2.06. The molecule has 1 heterocycles. The molecule has 0 atom stereocenters. The summed E-state index contributed by atoms with van der Waals surface area (Å²) in [6, 6.07) is 15.3. The lowest BCUT2D eigenvalue weighted by atomic mass is 10.2. The maximum Gasteiger partial charge on any atom is 0.183 e. The third kappa shape index (κ3) is 4.15. The number of nitrogens with zero attached hydrogens (tertiary/aromatic N) is 1. The van der Waals surface area contributed by atoms with E-state index in [4.69, 9.17) is 21.1 Å². The van der Waals surface area contributed by atoms with Crippen molar-refractivity contribution in [3.05, 3.63) is 64.1 Å². The summed E-state index contributed by atoms with van der Waals surface area (Å²) in [5.41, 5.74) is 0.852. The van der Waals surface area contributed by atoms with E-state index in [2.05, 4.69) is 10.3 Å². The molecular weight excluding hydrogens is 332 g/mol. The van der Waals surface area contributed by atoms with Gasteiger partial charge in [-0.3, -0.25) is 0 Å². The Hall–Kier alpha value is -2.24. The second-order valence-corrected chi connectivity index (χ2v) is 6.41. The SMILES string of the molecule is COc1ccc(Oc2ccccc2)cc1NCc1cnc(Cl)s1. The Balaban J connectivity index is 1.76. The number of methoxy groups -OCH3 is 1. The third-order valence-corrected chi connectivity index (χ3v) is 4.24. The highest BCUT2D eigenvalue weighted by Crippen LogP contribution is 2.32. The molecule has 0 amide bonds. The zero-order valence-electron chi connectivity index (χ0n) is 12.5. The molecule has 2 aromatic carbocycles. The first-order valence-electron chi connectivity index (χ1n) is 6.99. The molecule has 0 saturated carbocycles.